The second kappa shape index (κ2) is 10.6. The Hall–Kier alpha value is -0.702. The summed E-state index contributed by atoms with van der Waals surface area (Å²) in [5, 5.41) is 1.58. The maximum atomic E-state index is 2.55. The first kappa shape index (κ1) is 33.5. The molecule has 0 N–H and O–H groups in total. The van der Waals surface area contributed by atoms with Crippen molar-refractivity contribution in [3.05, 3.63) is 57.6 Å². The Labute approximate surface area is 245 Å². The van der Waals surface area contributed by atoms with Crippen LogP contribution in [0, 0.1) is 0 Å². The van der Waals surface area contributed by atoms with Gasteiger partial charge in [0.25, 0.3) is 0 Å². The Morgan fingerprint density at radius 2 is 0.658 bits per heavy atom. The zero-order chi connectivity index (χ0) is 29.9. The monoisotopic (exact) mass is 596 g/mol. The average molecular weight is 597 g/mol. The predicted octanol–water partition coefficient (Wildman–Crippen LogP) is 9.99. The van der Waals surface area contributed by atoms with Gasteiger partial charge in [0.05, 0.1) is 0 Å². The third-order valence-corrected chi connectivity index (χ3v) is 12.6. The fraction of sp³-hybridized carbons (Fsp3) is 0.667. The van der Waals surface area contributed by atoms with Gasteiger partial charge in [0.1, 0.15) is 0 Å². The molecule has 0 fully saturated rings. The summed E-state index contributed by atoms with van der Waals surface area (Å²) < 4.78 is 1.65. The summed E-state index contributed by atoms with van der Waals surface area (Å²) in [5.41, 5.74) is 9.79. The van der Waals surface area contributed by atoms with E-state index in [0.717, 1.165) is 0 Å². The molecule has 2 rings (SSSR count). The van der Waals surface area contributed by atoms with E-state index in [9.17, 15) is 0 Å². The van der Waals surface area contributed by atoms with Crippen molar-refractivity contribution in [2.45, 2.75) is 157 Å². The predicted molar refractivity (Wildman–Crippen MR) is 177 cm³/mol. The molecule has 0 aromatic heterocycles. The van der Waals surface area contributed by atoms with Crippen LogP contribution in [0.25, 0.3) is 0 Å². The average Bonchev–Trinajstić information content (AvgIpc) is 2.66. The molecule has 0 saturated heterocycles. The zero-order valence-corrected chi connectivity index (χ0v) is 31.0. The van der Waals surface area contributed by atoms with Gasteiger partial charge < -0.3 is 0 Å². The van der Waals surface area contributed by atoms with E-state index >= 15 is 0 Å². The van der Waals surface area contributed by atoms with Crippen LogP contribution >= 0.6 is 6.69 Å². The van der Waals surface area contributed by atoms with E-state index in [1.807, 2.05) is 0 Å². The van der Waals surface area contributed by atoms with Crippen LogP contribution in [0.4, 0.5) is 0 Å². The molecule has 0 atom stereocenters. The van der Waals surface area contributed by atoms with Gasteiger partial charge in [0.15, 0.2) is 0 Å². The van der Waals surface area contributed by atoms with Crippen LogP contribution in [-0.4, -0.2) is 14.8 Å². The minimum atomic E-state index is -0.0784. The van der Waals surface area contributed by atoms with E-state index in [1.165, 1.54) is 28.9 Å². The van der Waals surface area contributed by atoms with Crippen LogP contribution in [0.1, 0.15) is 158 Å². The molecule has 0 bridgehead atoms. The molecule has 0 amide bonds. The summed E-state index contributed by atoms with van der Waals surface area (Å²) in [6.07, 6.45) is 0. The van der Waals surface area contributed by atoms with Crippen molar-refractivity contribution in [1.29, 1.82) is 0 Å². The number of hydrogen-bond acceptors (Lipinski definition) is 0. The molecule has 0 unspecified atom stereocenters. The molecule has 0 radical (unpaired) electrons. The van der Waals surface area contributed by atoms with Gasteiger partial charge in [-0.15, -0.1) is 0 Å². The third-order valence-electron chi connectivity index (χ3n) is 7.43. The number of hydrogen-bond donors (Lipinski definition) is 0. The Balaban J connectivity index is 3.07. The zero-order valence-electron chi connectivity index (χ0n) is 28.2. The SMILES string of the molecule is CC(C)(C)c1cc(C(C)(C)C)c(P=[As]c2c(C(C)(C)C)cc(C(C)(C)C)cc2C(C)(C)C)c(C(C)(C)C)c1. The van der Waals surface area contributed by atoms with Gasteiger partial charge in [-0.25, -0.2) is 0 Å². The Morgan fingerprint density at radius 3 is 0.895 bits per heavy atom. The van der Waals surface area contributed by atoms with Crippen LogP contribution in [0.15, 0.2) is 24.3 Å². The van der Waals surface area contributed by atoms with Gasteiger partial charge in [-0.05, 0) is 0 Å². The molecule has 0 aliphatic heterocycles. The van der Waals surface area contributed by atoms with Crippen LogP contribution in [-0.2, 0) is 32.5 Å². The minimum absolute atomic E-state index is 0.0784. The number of benzene rings is 2. The van der Waals surface area contributed by atoms with Gasteiger partial charge in [0.2, 0.25) is 0 Å². The summed E-state index contributed by atoms with van der Waals surface area (Å²) in [6, 6.07) is 10.2. The van der Waals surface area contributed by atoms with E-state index < -0.39 is 0 Å². The van der Waals surface area contributed by atoms with Crippen LogP contribution in [0.3, 0.4) is 0 Å². The molecule has 212 valence electrons. The van der Waals surface area contributed by atoms with Crippen molar-refractivity contribution >= 4 is 31.2 Å². The second-order valence-electron chi connectivity index (χ2n) is 17.5. The topological polar surface area (TPSA) is 0 Å². The summed E-state index contributed by atoms with van der Waals surface area (Å²) in [7, 11) is 0. The van der Waals surface area contributed by atoms with E-state index in [0.29, 0.717) is 0 Å². The molecular formula is C36H58AsP. The van der Waals surface area contributed by atoms with Crippen molar-refractivity contribution in [2.24, 2.45) is 0 Å². The second-order valence-corrected chi connectivity index (χ2v) is 21.8. The molecule has 0 nitrogen and oxygen atoms in total. The Morgan fingerprint density at radius 1 is 0.395 bits per heavy atom. The first-order chi connectivity index (χ1) is 16.6. The quantitative estimate of drug-likeness (QED) is 0.239. The van der Waals surface area contributed by atoms with Gasteiger partial charge in [-0.3, -0.25) is 0 Å². The van der Waals surface area contributed by atoms with E-state index in [4.69, 9.17) is 0 Å². The summed E-state index contributed by atoms with van der Waals surface area (Å²) in [4.78, 5) is 0. The summed E-state index contributed by atoms with van der Waals surface area (Å²) in [6.45, 7) is 44.5. The standard InChI is InChI=1S/C36H58AsP/c1-31(2,3)23-19-25(33(7,8)9)29(26(20-23)34(10,11)12)37-38-30-27(35(13,14)15)21-24(32(4,5)6)22-28(30)36(16,17)18/h19-22H,1-18H3. The molecule has 0 aliphatic carbocycles. The van der Waals surface area contributed by atoms with Gasteiger partial charge in [-0.2, -0.15) is 0 Å². The molecular weight excluding hydrogens is 538 g/mol. The van der Waals surface area contributed by atoms with Gasteiger partial charge in [0, 0.05) is 0 Å². The first-order valence-corrected chi connectivity index (χ1v) is 18.8. The van der Waals surface area contributed by atoms with Gasteiger partial charge >= 0.3 is 246 Å². The van der Waals surface area contributed by atoms with Crippen LogP contribution < -0.4 is 9.66 Å². The van der Waals surface area contributed by atoms with E-state index in [-0.39, 0.29) is 47.3 Å². The van der Waals surface area contributed by atoms with Crippen molar-refractivity contribution in [3.8, 4) is 0 Å². The summed E-state index contributed by atoms with van der Waals surface area (Å²) >= 11 is -0.0784. The Kier molecular flexibility index (Phi) is 9.35. The molecule has 0 saturated carbocycles. The normalized spacial score (nSPS) is 14.5. The van der Waals surface area contributed by atoms with E-state index in [1.54, 1.807) is 20.8 Å². The fourth-order valence-corrected chi connectivity index (χ4v) is 11.8. The number of rotatable bonds is 2. The summed E-state index contributed by atoms with van der Waals surface area (Å²) in [5.74, 6) is 0. The Bertz CT molecular complexity index is 1020. The van der Waals surface area contributed by atoms with E-state index in [2.05, 4.69) is 149 Å². The van der Waals surface area contributed by atoms with Crippen molar-refractivity contribution in [1.82, 2.24) is 0 Å². The van der Waals surface area contributed by atoms with Crippen molar-refractivity contribution < 1.29 is 0 Å². The molecule has 0 heterocycles. The van der Waals surface area contributed by atoms with Crippen LogP contribution in [0.2, 0.25) is 0 Å². The molecule has 38 heavy (non-hydrogen) atoms. The van der Waals surface area contributed by atoms with Crippen molar-refractivity contribution in [2.75, 3.05) is 0 Å². The molecule has 2 aromatic carbocycles. The molecule has 2 heteroatoms. The molecule has 0 aliphatic rings. The fourth-order valence-electron chi connectivity index (χ4n) is 4.74. The van der Waals surface area contributed by atoms with Crippen molar-refractivity contribution in [3.63, 3.8) is 0 Å². The third kappa shape index (κ3) is 7.94. The van der Waals surface area contributed by atoms with Crippen LogP contribution in [0.5, 0.6) is 0 Å². The maximum absolute atomic E-state index is 2.55. The van der Waals surface area contributed by atoms with Gasteiger partial charge in [-0.1, -0.05) is 0 Å². The molecule has 0 spiro atoms. The first-order valence-electron chi connectivity index (χ1n) is 14.5. The molecule has 2 aromatic rings.